The molecule has 1 aliphatic carbocycles. The highest BCUT2D eigenvalue weighted by Gasteiger charge is 2.18. The fourth-order valence-corrected chi connectivity index (χ4v) is 3.28. The van der Waals surface area contributed by atoms with Crippen LogP contribution in [0.2, 0.25) is 0 Å². The van der Waals surface area contributed by atoms with E-state index in [1.165, 1.54) is 12.8 Å². The molecule has 122 valence electrons. The topological polar surface area (TPSA) is 83.8 Å². The molecule has 1 saturated carbocycles. The molecule has 0 saturated heterocycles. The highest BCUT2D eigenvalue weighted by atomic mass is 16.1. The van der Waals surface area contributed by atoms with Gasteiger partial charge in [0.05, 0.1) is 11.0 Å². The monoisotopic (exact) mass is 320 g/mol. The summed E-state index contributed by atoms with van der Waals surface area (Å²) >= 11 is 0. The molecule has 1 amide bonds. The molecule has 1 aliphatic rings. The molecule has 0 spiro atoms. The van der Waals surface area contributed by atoms with Gasteiger partial charge >= 0.3 is 0 Å². The van der Waals surface area contributed by atoms with E-state index in [9.17, 15) is 4.79 Å². The zero-order valence-corrected chi connectivity index (χ0v) is 13.4. The lowest BCUT2D eigenvalue weighted by molar-refractivity contribution is 0.0938. The third kappa shape index (κ3) is 2.85. The maximum Gasteiger partial charge on any atom is 0.251 e. The largest absolute Gasteiger partial charge is 0.399 e. The highest BCUT2D eigenvalue weighted by molar-refractivity contribution is 5.95. The molecular formula is C19H20N4O. The molecule has 4 N–H and O–H groups in total. The molecule has 1 aromatic heterocycles. The van der Waals surface area contributed by atoms with Crippen LogP contribution in [0.5, 0.6) is 0 Å². The SMILES string of the molecule is Nc1ccc2nc(-c3ccc(C(=O)NC4CCCC4)cc3)[nH]c2c1. The predicted octanol–water partition coefficient (Wildman–Crippen LogP) is 3.48. The van der Waals surface area contributed by atoms with Crippen LogP contribution in [0.3, 0.4) is 0 Å². The summed E-state index contributed by atoms with van der Waals surface area (Å²) in [6.07, 6.45) is 4.60. The van der Waals surface area contributed by atoms with Gasteiger partial charge in [-0.05, 0) is 43.2 Å². The highest BCUT2D eigenvalue weighted by Crippen LogP contribution is 2.23. The number of amides is 1. The average Bonchev–Trinajstić information content (AvgIpc) is 3.24. The van der Waals surface area contributed by atoms with Crippen molar-refractivity contribution < 1.29 is 4.79 Å². The lowest BCUT2D eigenvalue weighted by atomic mass is 10.1. The second-order valence-electron chi connectivity index (χ2n) is 6.39. The van der Waals surface area contributed by atoms with Gasteiger partial charge in [0.2, 0.25) is 0 Å². The zero-order chi connectivity index (χ0) is 16.5. The van der Waals surface area contributed by atoms with E-state index in [0.717, 1.165) is 35.3 Å². The van der Waals surface area contributed by atoms with Crippen LogP contribution in [0.4, 0.5) is 5.69 Å². The van der Waals surface area contributed by atoms with E-state index in [0.29, 0.717) is 17.3 Å². The Balaban J connectivity index is 1.54. The van der Waals surface area contributed by atoms with Crippen molar-refractivity contribution in [3.05, 3.63) is 48.0 Å². The number of hydrogen-bond acceptors (Lipinski definition) is 3. The van der Waals surface area contributed by atoms with E-state index in [1.54, 1.807) is 0 Å². The van der Waals surface area contributed by atoms with Crippen molar-refractivity contribution in [2.75, 3.05) is 5.73 Å². The van der Waals surface area contributed by atoms with Crippen LogP contribution in [0.1, 0.15) is 36.0 Å². The first-order valence-electron chi connectivity index (χ1n) is 8.35. The number of nitrogen functional groups attached to an aromatic ring is 1. The Labute approximate surface area is 140 Å². The molecule has 1 fully saturated rings. The quantitative estimate of drug-likeness (QED) is 0.646. The van der Waals surface area contributed by atoms with E-state index >= 15 is 0 Å². The Morgan fingerprint density at radius 3 is 2.62 bits per heavy atom. The maximum absolute atomic E-state index is 12.3. The fraction of sp³-hybridized carbons (Fsp3) is 0.263. The molecule has 0 unspecified atom stereocenters. The Morgan fingerprint density at radius 1 is 1.12 bits per heavy atom. The van der Waals surface area contributed by atoms with E-state index in [4.69, 9.17) is 5.73 Å². The number of nitrogens with one attached hydrogen (secondary N) is 2. The van der Waals surface area contributed by atoms with Crippen LogP contribution >= 0.6 is 0 Å². The van der Waals surface area contributed by atoms with E-state index < -0.39 is 0 Å². The second-order valence-corrected chi connectivity index (χ2v) is 6.39. The van der Waals surface area contributed by atoms with Crippen LogP contribution in [-0.4, -0.2) is 21.9 Å². The van der Waals surface area contributed by atoms with Crippen molar-refractivity contribution in [3.8, 4) is 11.4 Å². The van der Waals surface area contributed by atoms with Gasteiger partial charge in [0.1, 0.15) is 5.82 Å². The molecule has 0 aliphatic heterocycles. The minimum atomic E-state index is 0.00540. The van der Waals surface area contributed by atoms with Crippen molar-refractivity contribution in [2.24, 2.45) is 0 Å². The number of carbonyl (C=O) groups excluding carboxylic acids is 1. The summed E-state index contributed by atoms with van der Waals surface area (Å²) in [6.45, 7) is 0. The number of fused-ring (bicyclic) bond motifs is 1. The lowest BCUT2D eigenvalue weighted by Gasteiger charge is -2.11. The lowest BCUT2D eigenvalue weighted by Crippen LogP contribution is -2.32. The van der Waals surface area contributed by atoms with Crippen molar-refractivity contribution in [1.29, 1.82) is 0 Å². The minimum Gasteiger partial charge on any atom is -0.399 e. The molecule has 1 heterocycles. The smallest absolute Gasteiger partial charge is 0.251 e. The number of H-pyrrole nitrogens is 1. The predicted molar refractivity (Wildman–Crippen MR) is 95.7 cm³/mol. The molecule has 5 heteroatoms. The number of aromatic nitrogens is 2. The number of benzene rings is 2. The van der Waals surface area contributed by atoms with Crippen LogP contribution < -0.4 is 11.1 Å². The number of hydrogen-bond donors (Lipinski definition) is 3. The Bertz CT molecular complexity index is 876. The van der Waals surface area contributed by atoms with Gasteiger partial charge in [0, 0.05) is 22.9 Å². The number of rotatable bonds is 3. The Kier molecular flexibility index (Phi) is 3.69. The summed E-state index contributed by atoms with van der Waals surface area (Å²) in [5.74, 6) is 0.782. The molecule has 0 bridgehead atoms. The standard InChI is InChI=1S/C19H20N4O/c20-14-9-10-16-17(11-14)23-18(22-16)12-5-7-13(8-6-12)19(24)21-15-3-1-2-4-15/h5-11,15H,1-4,20H2,(H,21,24)(H,22,23). The first kappa shape index (κ1) is 14.8. The summed E-state index contributed by atoms with van der Waals surface area (Å²) in [5, 5.41) is 3.11. The van der Waals surface area contributed by atoms with E-state index in [-0.39, 0.29) is 5.91 Å². The molecule has 3 aromatic rings. The van der Waals surface area contributed by atoms with Gasteiger partial charge < -0.3 is 16.0 Å². The van der Waals surface area contributed by atoms with Gasteiger partial charge in [-0.25, -0.2) is 4.98 Å². The zero-order valence-electron chi connectivity index (χ0n) is 13.4. The number of anilines is 1. The molecule has 0 radical (unpaired) electrons. The van der Waals surface area contributed by atoms with E-state index in [1.807, 2.05) is 42.5 Å². The van der Waals surface area contributed by atoms with Crippen LogP contribution in [0, 0.1) is 0 Å². The maximum atomic E-state index is 12.3. The first-order valence-corrected chi connectivity index (χ1v) is 8.35. The third-order valence-electron chi connectivity index (χ3n) is 4.62. The van der Waals surface area contributed by atoms with Gasteiger partial charge in [-0.15, -0.1) is 0 Å². The molecule has 4 rings (SSSR count). The van der Waals surface area contributed by atoms with Crippen LogP contribution in [0.15, 0.2) is 42.5 Å². The Hall–Kier alpha value is -2.82. The van der Waals surface area contributed by atoms with Crippen LogP contribution in [0.25, 0.3) is 22.4 Å². The Morgan fingerprint density at radius 2 is 1.88 bits per heavy atom. The third-order valence-corrected chi connectivity index (χ3v) is 4.62. The van der Waals surface area contributed by atoms with Crippen molar-refractivity contribution in [1.82, 2.24) is 15.3 Å². The van der Waals surface area contributed by atoms with Gasteiger partial charge in [0.25, 0.3) is 5.91 Å². The molecule has 24 heavy (non-hydrogen) atoms. The summed E-state index contributed by atoms with van der Waals surface area (Å²) < 4.78 is 0. The van der Waals surface area contributed by atoms with Gasteiger partial charge in [-0.1, -0.05) is 25.0 Å². The van der Waals surface area contributed by atoms with Crippen molar-refractivity contribution in [2.45, 2.75) is 31.7 Å². The number of nitrogens with two attached hydrogens (primary N) is 1. The number of aromatic amines is 1. The summed E-state index contributed by atoms with van der Waals surface area (Å²) in [4.78, 5) is 20.1. The van der Waals surface area contributed by atoms with Crippen molar-refractivity contribution in [3.63, 3.8) is 0 Å². The number of carbonyl (C=O) groups is 1. The minimum absolute atomic E-state index is 0.00540. The normalized spacial score (nSPS) is 15.0. The summed E-state index contributed by atoms with van der Waals surface area (Å²) in [7, 11) is 0. The van der Waals surface area contributed by atoms with Gasteiger partial charge in [0.15, 0.2) is 0 Å². The van der Waals surface area contributed by atoms with E-state index in [2.05, 4.69) is 15.3 Å². The van der Waals surface area contributed by atoms with Crippen molar-refractivity contribution >= 4 is 22.6 Å². The first-order chi connectivity index (χ1) is 11.7. The fourth-order valence-electron chi connectivity index (χ4n) is 3.28. The summed E-state index contributed by atoms with van der Waals surface area (Å²) in [5.41, 5.74) is 9.92. The average molecular weight is 320 g/mol. The molecular weight excluding hydrogens is 300 g/mol. The molecule has 0 atom stereocenters. The number of imidazole rings is 1. The van der Waals surface area contributed by atoms with Crippen LogP contribution in [-0.2, 0) is 0 Å². The summed E-state index contributed by atoms with van der Waals surface area (Å²) in [6, 6.07) is 13.5. The van der Waals surface area contributed by atoms with Gasteiger partial charge in [-0.2, -0.15) is 0 Å². The number of nitrogens with zero attached hydrogens (tertiary/aromatic N) is 1. The van der Waals surface area contributed by atoms with Gasteiger partial charge in [-0.3, -0.25) is 4.79 Å². The molecule has 2 aromatic carbocycles. The second kappa shape index (κ2) is 6.00. The molecule has 5 nitrogen and oxygen atoms in total.